The Morgan fingerprint density at radius 3 is 2.68 bits per heavy atom. The van der Waals surface area contributed by atoms with E-state index >= 15 is 0 Å². The number of aromatic nitrogens is 1. The molecular weight excluding hydrogens is 382 g/mol. The molecule has 0 aliphatic carbocycles. The summed E-state index contributed by atoms with van der Waals surface area (Å²) >= 11 is 8.12. The number of carbonyl (C=O) groups excluding carboxylic acids is 1. The van der Waals surface area contributed by atoms with E-state index in [0.29, 0.717) is 22.3 Å². The molecule has 2 amide bonds. The van der Waals surface area contributed by atoms with Gasteiger partial charge in [0.25, 0.3) is 0 Å². The van der Waals surface area contributed by atoms with Crippen molar-refractivity contribution in [2.24, 2.45) is 0 Å². The van der Waals surface area contributed by atoms with Gasteiger partial charge in [-0.25, -0.2) is 9.59 Å². The van der Waals surface area contributed by atoms with E-state index in [-0.39, 0.29) is 10.6 Å². The average molecular weight is 400 g/mol. The van der Waals surface area contributed by atoms with Gasteiger partial charge in [0.2, 0.25) is 0 Å². The van der Waals surface area contributed by atoms with Crippen molar-refractivity contribution in [2.75, 3.05) is 11.9 Å². The van der Waals surface area contributed by atoms with Crippen molar-refractivity contribution in [1.29, 1.82) is 0 Å². The Morgan fingerprint density at radius 1 is 1.32 bits per heavy atom. The first-order chi connectivity index (χ1) is 12.0. The largest absolute Gasteiger partial charge is 0.477 e. The van der Waals surface area contributed by atoms with Gasteiger partial charge in [-0.2, -0.15) is 4.37 Å². The van der Waals surface area contributed by atoms with Crippen LogP contribution in [-0.4, -0.2) is 28.0 Å². The monoisotopic (exact) mass is 399 g/mol. The lowest BCUT2D eigenvalue weighted by Gasteiger charge is -2.06. The predicted molar refractivity (Wildman–Crippen MR) is 102 cm³/mol. The summed E-state index contributed by atoms with van der Waals surface area (Å²) in [6.45, 7) is 2.57. The molecule has 2 aromatic rings. The smallest absolute Gasteiger partial charge is 0.341 e. The molecule has 0 atom stereocenters. The summed E-state index contributed by atoms with van der Waals surface area (Å²) in [6.07, 6.45) is 1.83. The van der Waals surface area contributed by atoms with E-state index in [4.69, 9.17) is 11.6 Å². The van der Waals surface area contributed by atoms with Crippen LogP contribution in [-0.2, 0) is 5.75 Å². The Kier molecular flexibility index (Phi) is 7.54. The number of carboxylic acids is 1. The topological polar surface area (TPSA) is 91.3 Å². The average Bonchev–Trinajstić information content (AvgIpc) is 2.97. The highest BCUT2D eigenvalue weighted by atomic mass is 35.5. The van der Waals surface area contributed by atoms with Gasteiger partial charge in [-0.1, -0.05) is 48.8 Å². The Bertz CT molecular complexity index is 735. The molecule has 0 unspecified atom stereocenters. The van der Waals surface area contributed by atoms with E-state index in [1.807, 2.05) is 19.1 Å². The molecule has 0 aliphatic rings. The number of aromatic carboxylic acids is 1. The number of unbranched alkanes of at least 4 members (excludes halogenated alkanes) is 1. The van der Waals surface area contributed by atoms with Gasteiger partial charge in [0.15, 0.2) is 0 Å². The molecule has 1 aromatic heterocycles. The summed E-state index contributed by atoms with van der Waals surface area (Å²) in [7, 11) is 0. The Balaban J connectivity index is 2.04. The third-order valence-electron chi connectivity index (χ3n) is 3.21. The lowest BCUT2D eigenvalue weighted by molar-refractivity contribution is 0.0694. The van der Waals surface area contributed by atoms with Gasteiger partial charge in [-0.3, -0.25) is 5.32 Å². The van der Waals surface area contributed by atoms with Gasteiger partial charge in [0.05, 0.1) is 0 Å². The van der Waals surface area contributed by atoms with Crippen LogP contribution in [0.3, 0.4) is 0 Å². The maximum Gasteiger partial charge on any atom is 0.341 e. The van der Waals surface area contributed by atoms with Crippen LogP contribution in [0.1, 0.15) is 35.7 Å². The van der Waals surface area contributed by atoms with Crippen LogP contribution in [0.2, 0.25) is 5.02 Å². The Morgan fingerprint density at radius 2 is 2.04 bits per heavy atom. The van der Waals surface area contributed by atoms with Crippen LogP contribution in [0.25, 0.3) is 0 Å². The van der Waals surface area contributed by atoms with Gasteiger partial charge < -0.3 is 10.4 Å². The molecule has 0 saturated carbocycles. The van der Waals surface area contributed by atoms with Crippen molar-refractivity contribution in [2.45, 2.75) is 30.5 Å². The van der Waals surface area contributed by atoms with Crippen LogP contribution >= 0.6 is 34.9 Å². The molecule has 134 valence electrons. The van der Waals surface area contributed by atoms with E-state index in [9.17, 15) is 14.7 Å². The van der Waals surface area contributed by atoms with Crippen molar-refractivity contribution in [3.05, 3.63) is 40.4 Å². The predicted octanol–water partition coefficient (Wildman–Crippen LogP) is 4.71. The number of nitrogens with one attached hydrogen (secondary N) is 2. The molecule has 3 N–H and O–H groups in total. The van der Waals surface area contributed by atoms with E-state index in [0.717, 1.165) is 29.9 Å². The van der Waals surface area contributed by atoms with Gasteiger partial charge in [-0.05, 0) is 35.6 Å². The first-order valence-corrected chi connectivity index (χ1v) is 9.80. The number of nitrogens with zero attached hydrogens (tertiary/aromatic N) is 1. The van der Waals surface area contributed by atoms with Crippen molar-refractivity contribution >= 4 is 51.9 Å². The fourth-order valence-corrected chi connectivity index (χ4v) is 3.93. The number of amides is 2. The maximum absolute atomic E-state index is 11.8. The molecule has 6 nitrogen and oxygen atoms in total. The maximum atomic E-state index is 11.8. The molecule has 0 fully saturated rings. The summed E-state index contributed by atoms with van der Waals surface area (Å²) in [5.74, 6) is -0.556. The van der Waals surface area contributed by atoms with E-state index in [1.54, 1.807) is 12.1 Å². The molecule has 9 heteroatoms. The van der Waals surface area contributed by atoms with Crippen molar-refractivity contribution < 1.29 is 14.7 Å². The minimum Gasteiger partial charge on any atom is -0.477 e. The molecule has 0 aliphatic heterocycles. The number of carboxylic acid groups (broad SMARTS) is 1. The number of anilines is 1. The van der Waals surface area contributed by atoms with Gasteiger partial charge in [0.1, 0.15) is 15.6 Å². The third-order valence-corrected chi connectivity index (χ3v) is 5.38. The van der Waals surface area contributed by atoms with Crippen LogP contribution in [0.5, 0.6) is 0 Å². The van der Waals surface area contributed by atoms with Gasteiger partial charge in [-0.15, -0.1) is 0 Å². The number of urea groups is 1. The van der Waals surface area contributed by atoms with Crippen LogP contribution in [0, 0.1) is 0 Å². The van der Waals surface area contributed by atoms with E-state index in [1.165, 1.54) is 11.8 Å². The summed E-state index contributed by atoms with van der Waals surface area (Å²) in [5, 5.41) is 16.0. The van der Waals surface area contributed by atoms with E-state index in [2.05, 4.69) is 15.0 Å². The van der Waals surface area contributed by atoms with Crippen molar-refractivity contribution in [3.63, 3.8) is 0 Å². The second-order valence-electron chi connectivity index (χ2n) is 5.15. The quantitative estimate of drug-likeness (QED) is 0.441. The number of benzene rings is 1. The normalized spacial score (nSPS) is 10.5. The molecular formula is C16H18ClN3O3S2. The molecule has 1 aromatic carbocycles. The number of halogens is 1. The number of thioether (sulfide) groups is 1. The lowest BCUT2D eigenvalue weighted by atomic mass is 10.2. The second-order valence-corrected chi connectivity index (χ2v) is 7.32. The third kappa shape index (κ3) is 5.91. The molecule has 0 radical (unpaired) electrons. The zero-order chi connectivity index (χ0) is 18.2. The molecule has 25 heavy (non-hydrogen) atoms. The minimum atomic E-state index is -1.11. The van der Waals surface area contributed by atoms with Crippen molar-refractivity contribution in [3.8, 4) is 0 Å². The highest BCUT2D eigenvalue weighted by Crippen LogP contribution is 2.33. The number of rotatable bonds is 8. The molecule has 0 spiro atoms. The summed E-state index contributed by atoms with van der Waals surface area (Å²) < 4.78 is 4.17. The van der Waals surface area contributed by atoms with Gasteiger partial charge in [0, 0.05) is 17.3 Å². The number of hydrogen-bond acceptors (Lipinski definition) is 5. The summed E-state index contributed by atoms with van der Waals surface area (Å²) in [5.41, 5.74) is 1.03. The Hall–Kier alpha value is -1.77. The SMILES string of the molecule is CCCCNC(=O)Nc1snc(SCc2ccc(Cl)cc2)c1C(=O)O. The van der Waals surface area contributed by atoms with E-state index < -0.39 is 12.0 Å². The zero-order valence-electron chi connectivity index (χ0n) is 13.5. The summed E-state index contributed by atoms with van der Waals surface area (Å²) in [6, 6.07) is 6.90. The highest BCUT2D eigenvalue weighted by Gasteiger charge is 2.22. The lowest BCUT2D eigenvalue weighted by Crippen LogP contribution is -2.29. The van der Waals surface area contributed by atoms with Crippen LogP contribution in [0.4, 0.5) is 9.80 Å². The van der Waals surface area contributed by atoms with Crippen LogP contribution < -0.4 is 10.6 Å². The second kappa shape index (κ2) is 9.65. The highest BCUT2D eigenvalue weighted by molar-refractivity contribution is 7.98. The van der Waals surface area contributed by atoms with Crippen molar-refractivity contribution in [1.82, 2.24) is 9.69 Å². The molecule has 0 bridgehead atoms. The first kappa shape index (κ1) is 19.6. The first-order valence-electron chi connectivity index (χ1n) is 7.66. The minimum absolute atomic E-state index is 0.0228. The fourth-order valence-electron chi connectivity index (χ4n) is 1.91. The molecule has 2 rings (SSSR count). The molecule has 0 saturated heterocycles. The Labute approximate surface area is 159 Å². The summed E-state index contributed by atoms with van der Waals surface area (Å²) in [4.78, 5) is 23.4. The standard InChI is InChI=1S/C16H18ClN3O3S2/c1-2-3-8-18-16(23)19-13-12(15(21)22)14(20-25-13)24-9-10-4-6-11(17)7-5-10/h4-7H,2-3,8-9H2,1H3,(H,21,22)(H2,18,19,23). The zero-order valence-corrected chi connectivity index (χ0v) is 15.9. The molecule has 1 heterocycles. The number of hydrogen-bond donors (Lipinski definition) is 3. The van der Waals surface area contributed by atoms with Gasteiger partial charge >= 0.3 is 12.0 Å². The fraction of sp³-hybridized carbons (Fsp3) is 0.312. The van der Waals surface area contributed by atoms with Crippen LogP contribution in [0.15, 0.2) is 29.3 Å². The number of carbonyl (C=O) groups is 2.